The van der Waals surface area contributed by atoms with Gasteiger partial charge in [-0.1, -0.05) is 6.07 Å². The van der Waals surface area contributed by atoms with Gasteiger partial charge >= 0.3 is 0 Å². The van der Waals surface area contributed by atoms with Crippen molar-refractivity contribution in [3.05, 3.63) is 72.1 Å². The summed E-state index contributed by atoms with van der Waals surface area (Å²) in [6, 6.07) is 10.2. The van der Waals surface area contributed by atoms with E-state index in [1.807, 2.05) is 13.1 Å². The lowest BCUT2D eigenvalue weighted by Gasteiger charge is -2.13. The fourth-order valence-electron chi connectivity index (χ4n) is 2.43. The molecule has 0 aliphatic carbocycles. The maximum Gasteiger partial charge on any atom is 0.191 e. The predicted octanol–water partition coefficient (Wildman–Crippen LogP) is 3.23. The molecule has 2 N–H and O–H groups in total. The first-order valence-electron chi connectivity index (χ1n) is 8.43. The molecule has 2 heterocycles. The highest BCUT2D eigenvalue weighted by Gasteiger charge is 2.07. The zero-order valence-corrected chi connectivity index (χ0v) is 17.9. The second-order valence-electron chi connectivity index (χ2n) is 5.78. The van der Waals surface area contributed by atoms with Gasteiger partial charge in [0.05, 0.1) is 18.4 Å². The van der Waals surface area contributed by atoms with Crippen LogP contribution in [0.1, 0.15) is 11.3 Å². The quantitative estimate of drug-likeness (QED) is 0.312. The summed E-state index contributed by atoms with van der Waals surface area (Å²) >= 11 is 0. The second kappa shape index (κ2) is 10.6. The van der Waals surface area contributed by atoms with E-state index in [0.29, 0.717) is 24.8 Å². The molecule has 148 valence electrons. The largest absolute Gasteiger partial charge is 0.453 e. The number of halogens is 2. The number of nitrogens with zero attached hydrogens (tertiary/aromatic N) is 4. The van der Waals surface area contributed by atoms with Gasteiger partial charge in [-0.25, -0.2) is 4.39 Å². The number of hydrogen-bond acceptors (Lipinski definition) is 4. The lowest BCUT2D eigenvalue weighted by Crippen LogP contribution is -2.36. The molecular formula is C19H22FIN6O. The first-order valence-corrected chi connectivity index (χ1v) is 8.43. The number of ether oxygens (including phenoxy) is 1. The summed E-state index contributed by atoms with van der Waals surface area (Å²) in [5.41, 5.74) is 1.80. The number of pyridine rings is 1. The Morgan fingerprint density at radius 2 is 2.00 bits per heavy atom. The lowest BCUT2D eigenvalue weighted by molar-refractivity contribution is 0.440. The molecular weight excluding hydrogens is 474 g/mol. The SMILES string of the molecule is CN=C(NCc1ccc(Oc2cccnc2)c(F)c1)NCc1ccnn1C.I. The smallest absolute Gasteiger partial charge is 0.191 e. The molecule has 0 aliphatic rings. The van der Waals surface area contributed by atoms with E-state index in [2.05, 4.69) is 25.7 Å². The summed E-state index contributed by atoms with van der Waals surface area (Å²) in [4.78, 5) is 8.11. The average Bonchev–Trinajstić information content (AvgIpc) is 3.10. The molecule has 3 aromatic rings. The van der Waals surface area contributed by atoms with Gasteiger partial charge in [-0.15, -0.1) is 24.0 Å². The topological polar surface area (TPSA) is 76.4 Å². The minimum absolute atomic E-state index is 0. The molecule has 0 unspecified atom stereocenters. The van der Waals surface area contributed by atoms with E-state index < -0.39 is 5.82 Å². The van der Waals surface area contributed by atoms with E-state index in [-0.39, 0.29) is 29.7 Å². The van der Waals surface area contributed by atoms with Crippen LogP contribution < -0.4 is 15.4 Å². The van der Waals surface area contributed by atoms with Crippen molar-refractivity contribution in [3.63, 3.8) is 0 Å². The van der Waals surface area contributed by atoms with Crippen LogP contribution in [0.15, 0.2) is 60.0 Å². The van der Waals surface area contributed by atoms with Crippen LogP contribution in [0.2, 0.25) is 0 Å². The van der Waals surface area contributed by atoms with Crippen LogP contribution in [0.3, 0.4) is 0 Å². The highest BCUT2D eigenvalue weighted by molar-refractivity contribution is 14.0. The minimum atomic E-state index is -0.434. The van der Waals surface area contributed by atoms with Gasteiger partial charge in [-0.05, 0) is 35.9 Å². The van der Waals surface area contributed by atoms with Crippen molar-refractivity contribution in [1.82, 2.24) is 25.4 Å². The number of benzene rings is 1. The predicted molar refractivity (Wildman–Crippen MR) is 116 cm³/mol. The summed E-state index contributed by atoms with van der Waals surface area (Å²) in [7, 11) is 3.56. The zero-order chi connectivity index (χ0) is 19.1. The number of aliphatic imine (C=N–C) groups is 1. The third-order valence-electron chi connectivity index (χ3n) is 3.90. The van der Waals surface area contributed by atoms with Crippen LogP contribution in [0.5, 0.6) is 11.5 Å². The molecule has 0 amide bonds. The first-order chi connectivity index (χ1) is 13.2. The molecule has 2 aromatic heterocycles. The summed E-state index contributed by atoms with van der Waals surface area (Å²) in [5, 5.41) is 10.5. The summed E-state index contributed by atoms with van der Waals surface area (Å²) in [6.45, 7) is 1.01. The molecule has 3 rings (SSSR count). The van der Waals surface area contributed by atoms with Crippen LogP contribution in [0.25, 0.3) is 0 Å². The molecule has 28 heavy (non-hydrogen) atoms. The van der Waals surface area contributed by atoms with Gasteiger partial charge in [0.1, 0.15) is 5.75 Å². The molecule has 0 saturated carbocycles. The molecule has 0 bridgehead atoms. The highest BCUT2D eigenvalue weighted by Crippen LogP contribution is 2.24. The zero-order valence-electron chi connectivity index (χ0n) is 15.6. The fourth-order valence-corrected chi connectivity index (χ4v) is 2.43. The number of guanidine groups is 1. The molecule has 0 aliphatic heterocycles. The Morgan fingerprint density at radius 3 is 2.64 bits per heavy atom. The molecule has 0 radical (unpaired) electrons. The van der Waals surface area contributed by atoms with Crippen molar-refractivity contribution < 1.29 is 9.13 Å². The molecule has 9 heteroatoms. The summed E-state index contributed by atoms with van der Waals surface area (Å²) < 4.78 is 21.6. The van der Waals surface area contributed by atoms with E-state index >= 15 is 0 Å². The normalized spacial score (nSPS) is 10.9. The number of aromatic nitrogens is 3. The van der Waals surface area contributed by atoms with E-state index in [4.69, 9.17) is 4.74 Å². The third kappa shape index (κ3) is 5.91. The maximum atomic E-state index is 14.3. The molecule has 7 nitrogen and oxygen atoms in total. The summed E-state index contributed by atoms with van der Waals surface area (Å²) in [5.74, 6) is 0.829. The third-order valence-corrected chi connectivity index (χ3v) is 3.90. The Bertz CT molecular complexity index is 916. The highest BCUT2D eigenvalue weighted by atomic mass is 127. The molecule has 0 fully saturated rings. The Labute approximate surface area is 180 Å². The van der Waals surface area contributed by atoms with E-state index in [0.717, 1.165) is 11.3 Å². The van der Waals surface area contributed by atoms with Gasteiger partial charge in [-0.2, -0.15) is 5.10 Å². The fraction of sp³-hybridized carbons (Fsp3) is 0.211. The molecule has 1 aromatic carbocycles. The van der Waals surface area contributed by atoms with Crippen molar-refractivity contribution in [2.75, 3.05) is 7.05 Å². The van der Waals surface area contributed by atoms with Gasteiger partial charge in [0.15, 0.2) is 17.5 Å². The Hall–Kier alpha value is -2.69. The standard InChI is InChI=1S/C19H21FN6O.HI/c1-21-19(24-12-15-7-9-25-26(15)2)23-11-14-5-6-18(17(20)10-14)27-16-4-3-8-22-13-16;/h3-10,13H,11-12H2,1-2H3,(H2,21,23,24);1H. The summed E-state index contributed by atoms with van der Waals surface area (Å²) in [6.07, 6.45) is 4.91. The van der Waals surface area contributed by atoms with Gasteiger partial charge < -0.3 is 15.4 Å². The maximum absolute atomic E-state index is 14.3. The van der Waals surface area contributed by atoms with Gasteiger partial charge in [0.25, 0.3) is 0 Å². The van der Waals surface area contributed by atoms with Crippen LogP contribution in [0.4, 0.5) is 4.39 Å². The molecule has 0 spiro atoms. The number of rotatable bonds is 6. The van der Waals surface area contributed by atoms with Crippen molar-refractivity contribution in [2.45, 2.75) is 13.1 Å². The average molecular weight is 496 g/mol. The van der Waals surface area contributed by atoms with Gasteiger partial charge in [-0.3, -0.25) is 14.7 Å². The number of hydrogen-bond donors (Lipinski definition) is 2. The molecule has 0 saturated heterocycles. The lowest BCUT2D eigenvalue weighted by atomic mass is 10.2. The van der Waals surface area contributed by atoms with Crippen molar-refractivity contribution >= 4 is 29.9 Å². The Kier molecular flexibility index (Phi) is 8.18. The Morgan fingerprint density at radius 1 is 1.18 bits per heavy atom. The van der Waals surface area contributed by atoms with E-state index in [1.54, 1.807) is 48.4 Å². The van der Waals surface area contributed by atoms with Crippen LogP contribution in [0, 0.1) is 5.82 Å². The number of aryl methyl sites for hydroxylation is 1. The second-order valence-corrected chi connectivity index (χ2v) is 5.78. The van der Waals surface area contributed by atoms with Crippen molar-refractivity contribution in [1.29, 1.82) is 0 Å². The Balaban J connectivity index is 0.00000280. The van der Waals surface area contributed by atoms with Crippen LogP contribution >= 0.6 is 24.0 Å². The van der Waals surface area contributed by atoms with Crippen LogP contribution in [-0.4, -0.2) is 27.8 Å². The van der Waals surface area contributed by atoms with Crippen LogP contribution in [-0.2, 0) is 20.1 Å². The van der Waals surface area contributed by atoms with E-state index in [9.17, 15) is 4.39 Å². The van der Waals surface area contributed by atoms with Crippen molar-refractivity contribution in [3.8, 4) is 11.5 Å². The van der Waals surface area contributed by atoms with Gasteiger partial charge in [0, 0.05) is 33.0 Å². The minimum Gasteiger partial charge on any atom is -0.453 e. The van der Waals surface area contributed by atoms with E-state index in [1.165, 1.54) is 12.3 Å². The van der Waals surface area contributed by atoms with Crippen molar-refractivity contribution in [2.24, 2.45) is 12.0 Å². The van der Waals surface area contributed by atoms with Gasteiger partial charge in [0.2, 0.25) is 0 Å². The molecule has 0 atom stereocenters. The number of nitrogens with one attached hydrogen (secondary N) is 2. The first kappa shape index (κ1) is 21.6. The monoisotopic (exact) mass is 496 g/mol.